The van der Waals surface area contributed by atoms with Gasteiger partial charge in [-0.15, -0.1) is 0 Å². The van der Waals surface area contributed by atoms with E-state index in [1.807, 2.05) is 55.5 Å². The van der Waals surface area contributed by atoms with Gasteiger partial charge >= 0.3 is 0 Å². The van der Waals surface area contributed by atoms with Gasteiger partial charge in [0.1, 0.15) is 0 Å². The molecule has 3 heteroatoms. The standard InChI is InChI=1S/C17H16BrNO/c1-12-10-15(8-9-16(12)18)19-13(2)11-17(20)14-6-4-3-5-7-14/h3-10,19H,2,11H2,1H3. The van der Waals surface area contributed by atoms with E-state index in [-0.39, 0.29) is 5.78 Å². The molecule has 0 aliphatic heterocycles. The molecule has 2 aromatic rings. The van der Waals surface area contributed by atoms with Crippen molar-refractivity contribution in [3.8, 4) is 0 Å². The van der Waals surface area contributed by atoms with Gasteiger partial charge in [0.05, 0.1) is 6.42 Å². The third-order valence-electron chi connectivity index (χ3n) is 2.95. The molecule has 20 heavy (non-hydrogen) atoms. The number of benzene rings is 2. The lowest BCUT2D eigenvalue weighted by Crippen LogP contribution is -2.06. The van der Waals surface area contributed by atoms with Crippen molar-refractivity contribution in [2.45, 2.75) is 13.3 Å². The van der Waals surface area contributed by atoms with E-state index in [4.69, 9.17) is 0 Å². The normalized spacial score (nSPS) is 10.1. The van der Waals surface area contributed by atoms with Crippen LogP contribution in [0.1, 0.15) is 22.3 Å². The predicted molar refractivity (Wildman–Crippen MR) is 87.0 cm³/mol. The first kappa shape index (κ1) is 14.5. The molecule has 0 spiro atoms. The zero-order valence-corrected chi connectivity index (χ0v) is 12.9. The summed E-state index contributed by atoms with van der Waals surface area (Å²) in [5.41, 5.74) is 3.48. The molecule has 0 aliphatic carbocycles. The van der Waals surface area contributed by atoms with E-state index >= 15 is 0 Å². The molecule has 0 saturated heterocycles. The topological polar surface area (TPSA) is 29.1 Å². The Balaban J connectivity index is 1.99. The first-order valence-corrected chi connectivity index (χ1v) is 7.15. The summed E-state index contributed by atoms with van der Waals surface area (Å²) in [4.78, 5) is 12.1. The molecule has 0 saturated carbocycles. The van der Waals surface area contributed by atoms with E-state index in [9.17, 15) is 4.79 Å². The van der Waals surface area contributed by atoms with Crippen molar-refractivity contribution in [2.24, 2.45) is 0 Å². The highest BCUT2D eigenvalue weighted by Gasteiger charge is 2.07. The third kappa shape index (κ3) is 3.81. The Morgan fingerprint density at radius 3 is 2.55 bits per heavy atom. The minimum Gasteiger partial charge on any atom is -0.359 e. The number of allylic oxidation sites excluding steroid dienone is 1. The summed E-state index contributed by atoms with van der Waals surface area (Å²) in [5.74, 6) is 0.0666. The van der Waals surface area contributed by atoms with Crippen LogP contribution in [0, 0.1) is 6.92 Å². The number of Topliss-reactive ketones (excluding diaryl/α,β-unsaturated/α-hetero) is 1. The molecule has 0 aromatic heterocycles. The van der Waals surface area contributed by atoms with Gasteiger partial charge in [-0.25, -0.2) is 0 Å². The minimum atomic E-state index is 0.0666. The Kier molecular flexibility index (Phi) is 4.74. The van der Waals surface area contributed by atoms with Gasteiger partial charge in [0.15, 0.2) is 5.78 Å². The Morgan fingerprint density at radius 2 is 1.90 bits per heavy atom. The maximum Gasteiger partial charge on any atom is 0.168 e. The van der Waals surface area contributed by atoms with E-state index in [0.717, 1.165) is 15.7 Å². The van der Waals surface area contributed by atoms with Gasteiger partial charge in [-0.1, -0.05) is 52.8 Å². The Bertz CT molecular complexity index is 635. The SMILES string of the molecule is C=C(CC(=O)c1ccccc1)Nc1ccc(Br)c(C)c1. The van der Waals surface area contributed by atoms with Crippen molar-refractivity contribution in [3.63, 3.8) is 0 Å². The van der Waals surface area contributed by atoms with Crippen LogP contribution in [0.25, 0.3) is 0 Å². The molecular formula is C17H16BrNO. The molecule has 0 unspecified atom stereocenters. The smallest absolute Gasteiger partial charge is 0.168 e. The Morgan fingerprint density at radius 1 is 1.20 bits per heavy atom. The van der Waals surface area contributed by atoms with Crippen LogP contribution in [-0.4, -0.2) is 5.78 Å². The van der Waals surface area contributed by atoms with E-state index in [1.165, 1.54) is 0 Å². The second-order valence-electron chi connectivity index (χ2n) is 4.66. The molecule has 0 amide bonds. The lowest BCUT2D eigenvalue weighted by atomic mass is 10.1. The van der Waals surface area contributed by atoms with Gasteiger partial charge in [0, 0.05) is 21.4 Å². The molecular weight excluding hydrogens is 314 g/mol. The van der Waals surface area contributed by atoms with Crippen LogP contribution in [0.2, 0.25) is 0 Å². The number of carbonyl (C=O) groups excluding carboxylic acids is 1. The second kappa shape index (κ2) is 6.53. The number of aryl methyl sites for hydroxylation is 1. The van der Waals surface area contributed by atoms with Crippen LogP contribution in [0.3, 0.4) is 0 Å². The van der Waals surface area contributed by atoms with Gasteiger partial charge in [-0.3, -0.25) is 4.79 Å². The molecule has 0 bridgehead atoms. The minimum absolute atomic E-state index is 0.0666. The van der Waals surface area contributed by atoms with Crippen molar-refractivity contribution < 1.29 is 4.79 Å². The summed E-state index contributed by atoms with van der Waals surface area (Å²) >= 11 is 3.46. The highest BCUT2D eigenvalue weighted by Crippen LogP contribution is 2.21. The fourth-order valence-corrected chi connectivity index (χ4v) is 2.14. The van der Waals surface area contributed by atoms with Crippen LogP contribution >= 0.6 is 15.9 Å². The van der Waals surface area contributed by atoms with Gasteiger partial charge in [0.25, 0.3) is 0 Å². The quantitative estimate of drug-likeness (QED) is 0.786. The zero-order chi connectivity index (χ0) is 14.5. The average molecular weight is 330 g/mol. The van der Waals surface area contributed by atoms with Crippen molar-refractivity contribution in [1.29, 1.82) is 0 Å². The monoisotopic (exact) mass is 329 g/mol. The van der Waals surface area contributed by atoms with Crippen molar-refractivity contribution in [1.82, 2.24) is 0 Å². The first-order chi connectivity index (χ1) is 9.56. The molecule has 0 heterocycles. The summed E-state index contributed by atoms with van der Waals surface area (Å²) < 4.78 is 1.06. The summed E-state index contributed by atoms with van der Waals surface area (Å²) in [6.45, 7) is 5.94. The molecule has 2 rings (SSSR count). The number of ketones is 1. The number of halogens is 1. The van der Waals surface area contributed by atoms with Crippen LogP contribution < -0.4 is 5.32 Å². The summed E-state index contributed by atoms with van der Waals surface area (Å²) in [5, 5.41) is 3.17. The lowest BCUT2D eigenvalue weighted by Gasteiger charge is -2.10. The zero-order valence-electron chi connectivity index (χ0n) is 11.3. The van der Waals surface area contributed by atoms with Crippen LogP contribution in [0.15, 0.2) is 65.3 Å². The number of hydrogen-bond donors (Lipinski definition) is 1. The van der Waals surface area contributed by atoms with Gasteiger partial charge in [0.2, 0.25) is 0 Å². The van der Waals surface area contributed by atoms with Gasteiger partial charge in [-0.05, 0) is 30.7 Å². The lowest BCUT2D eigenvalue weighted by molar-refractivity contribution is 0.0993. The molecule has 0 fully saturated rings. The van der Waals surface area contributed by atoms with E-state index < -0.39 is 0 Å². The predicted octanol–water partition coefficient (Wildman–Crippen LogP) is 4.96. The van der Waals surface area contributed by atoms with E-state index in [1.54, 1.807) is 0 Å². The van der Waals surface area contributed by atoms with Crippen molar-refractivity contribution >= 4 is 27.4 Å². The molecule has 2 nitrogen and oxygen atoms in total. The molecule has 102 valence electrons. The van der Waals surface area contributed by atoms with E-state index in [2.05, 4.69) is 27.8 Å². The largest absolute Gasteiger partial charge is 0.359 e. The number of anilines is 1. The van der Waals surface area contributed by atoms with Crippen molar-refractivity contribution in [2.75, 3.05) is 5.32 Å². The van der Waals surface area contributed by atoms with Crippen LogP contribution in [0.4, 0.5) is 5.69 Å². The van der Waals surface area contributed by atoms with Crippen LogP contribution in [-0.2, 0) is 0 Å². The molecule has 0 atom stereocenters. The first-order valence-electron chi connectivity index (χ1n) is 6.35. The highest BCUT2D eigenvalue weighted by atomic mass is 79.9. The molecule has 2 aromatic carbocycles. The fourth-order valence-electron chi connectivity index (χ4n) is 1.89. The maximum absolute atomic E-state index is 12.1. The van der Waals surface area contributed by atoms with E-state index in [0.29, 0.717) is 17.7 Å². The number of nitrogens with one attached hydrogen (secondary N) is 1. The molecule has 1 N–H and O–H groups in total. The van der Waals surface area contributed by atoms with Crippen molar-refractivity contribution in [3.05, 3.63) is 76.4 Å². The summed E-state index contributed by atoms with van der Waals surface area (Å²) in [7, 11) is 0. The number of carbonyl (C=O) groups is 1. The third-order valence-corrected chi connectivity index (χ3v) is 3.84. The number of rotatable bonds is 5. The fraction of sp³-hybridized carbons (Fsp3) is 0.118. The second-order valence-corrected chi connectivity index (χ2v) is 5.51. The Labute approximate surface area is 127 Å². The van der Waals surface area contributed by atoms with Gasteiger partial charge < -0.3 is 5.32 Å². The van der Waals surface area contributed by atoms with Crippen LogP contribution in [0.5, 0.6) is 0 Å². The van der Waals surface area contributed by atoms with Gasteiger partial charge in [-0.2, -0.15) is 0 Å². The molecule has 0 radical (unpaired) electrons. The average Bonchev–Trinajstić information content (AvgIpc) is 2.44. The summed E-state index contributed by atoms with van der Waals surface area (Å²) in [6.07, 6.45) is 0.291. The number of hydrogen-bond acceptors (Lipinski definition) is 2. The highest BCUT2D eigenvalue weighted by molar-refractivity contribution is 9.10. The maximum atomic E-state index is 12.1. The Hall–Kier alpha value is -1.87. The molecule has 0 aliphatic rings. The summed E-state index contributed by atoms with van der Waals surface area (Å²) in [6, 6.07) is 15.2.